The maximum atomic E-state index is 13.9. The lowest BCUT2D eigenvalue weighted by Crippen LogP contribution is -2.40. The Morgan fingerprint density at radius 1 is 1.03 bits per heavy atom. The van der Waals surface area contributed by atoms with Crippen LogP contribution in [0.5, 0.6) is 17.2 Å². The summed E-state index contributed by atoms with van der Waals surface area (Å²) in [5.74, 6) is 1.27. The van der Waals surface area contributed by atoms with Gasteiger partial charge in [0.15, 0.2) is 4.80 Å². The Balaban J connectivity index is 1.68. The number of thiazole rings is 1. The highest BCUT2D eigenvalue weighted by Gasteiger charge is 2.33. The third-order valence-electron chi connectivity index (χ3n) is 6.14. The lowest BCUT2D eigenvalue weighted by Gasteiger charge is -2.24. The number of amides is 1. The van der Waals surface area contributed by atoms with E-state index in [9.17, 15) is 9.59 Å². The van der Waals surface area contributed by atoms with Crippen LogP contribution < -0.4 is 34.4 Å². The zero-order chi connectivity index (χ0) is 26.8. The van der Waals surface area contributed by atoms with Crippen LogP contribution in [0.25, 0.3) is 6.08 Å². The molecule has 1 amide bonds. The van der Waals surface area contributed by atoms with Crippen molar-refractivity contribution >= 4 is 40.3 Å². The first-order valence-corrected chi connectivity index (χ1v) is 13.4. The Hall–Kier alpha value is -4.15. The van der Waals surface area contributed by atoms with Crippen LogP contribution in [0.4, 0.5) is 5.69 Å². The normalized spacial score (nSPS) is 15.1. The largest absolute Gasteiger partial charge is 0.496 e. The average molecular weight is 548 g/mol. The molecule has 194 valence electrons. The van der Waals surface area contributed by atoms with Crippen molar-refractivity contribution in [1.82, 2.24) is 4.57 Å². The summed E-state index contributed by atoms with van der Waals surface area (Å²) < 4.78 is 18.5. The minimum Gasteiger partial charge on any atom is -0.496 e. The molecule has 4 aromatic rings. The van der Waals surface area contributed by atoms with E-state index in [1.165, 1.54) is 22.7 Å². The Labute approximate surface area is 226 Å². The van der Waals surface area contributed by atoms with Gasteiger partial charge in [-0.3, -0.25) is 14.2 Å². The van der Waals surface area contributed by atoms with E-state index in [4.69, 9.17) is 14.2 Å². The van der Waals surface area contributed by atoms with Crippen LogP contribution in [-0.4, -0.2) is 31.8 Å². The molecule has 5 rings (SSSR count). The van der Waals surface area contributed by atoms with Gasteiger partial charge in [-0.15, -0.1) is 11.3 Å². The fraction of sp³-hybridized carbons (Fsp3) is 0.179. The van der Waals surface area contributed by atoms with Crippen molar-refractivity contribution in [3.63, 3.8) is 0 Å². The second kappa shape index (κ2) is 10.7. The molecule has 1 unspecified atom stereocenters. The van der Waals surface area contributed by atoms with Crippen molar-refractivity contribution in [3.8, 4) is 17.2 Å². The third-order valence-corrected chi connectivity index (χ3v) is 8.05. The Morgan fingerprint density at radius 2 is 1.74 bits per heavy atom. The molecule has 2 aromatic heterocycles. The number of hydrogen-bond donors (Lipinski definition) is 1. The molecule has 0 spiro atoms. The maximum absolute atomic E-state index is 13.9. The summed E-state index contributed by atoms with van der Waals surface area (Å²) in [6, 6.07) is 15.9. The van der Waals surface area contributed by atoms with Gasteiger partial charge < -0.3 is 19.5 Å². The van der Waals surface area contributed by atoms with Gasteiger partial charge in [0, 0.05) is 22.7 Å². The predicted octanol–water partition coefficient (Wildman–Crippen LogP) is 3.96. The van der Waals surface area contributed by atoms with Crippen molar-refractivity contribution in [2.75, 3.05) is 26.6 Å². The number of nitrogens with one attached hydrogen (secondary N) is 1. The minimum atomic E-state index is -0.614. The van der Waals surface area contributed by atoms with Gasteiger partial charge in [-0.2, -0.15) is 0 Å². The van der Waals surface area contributed by atoms with Gasteiger partial charge in [0.1, 0.15) is 23.3 Å². The number of carbonyl (C=O) groups excluding carboxylic acids is 1. The highest BCUT2D eigenvalue weighted by Crippen LogP contribution is 2.35. The van der Waals surface area contributed by atoms with Gasteiger partial charge in [0.2, 0.25) is 0 Å². The summed E-state index contributed by atoms with van der Waals surface area (Å²) in [6.45, 7) is 1.80. The Kier molecular flexibility index (Phi) is 7.17. The van der Waals surface area contributed by atoms with Crippen molar-refractivity contribution in [2.24, 2.45) is 4.99 Å². The summed E-state index contributed by atoms with van der Waals surface area (Å²) in [5, 5.41) is 4.89. The van der Waals surface area contributed by atoms with E-state index in [1.54, 1.807) is 51.0 Å². The summed E-state index contributed by atoms with van der Waals surface area (Å²) in [5.41, 5.74) is 1.99. The van der Waals surface area contributed by atoms with Crippen LogP contribution in [0.1, 0.15) is 23.4 Å². The number of carbonyl (C=O) groups is 1. The molecule has 1 N–H and O–H groups in total. The predicted molar refractivity (Wildman–Crippen MR) is 149 cm³/mol. The minimum absolute atomic E-state index is 0.260. The molecule has 1 atom stereocenters. The first kappa shape index (κ1) is 25.5. The molecular weight excluding hydrogens is 522 g/mol. The molecular formula is C28H25N3O5S2. The molecule has 0 bridgehead atoms. The number of allylic oxidation sites excluding steroid dienone is 1. The highest BCUT2D eigenvalue weighted by molar-refractivity contribution is 7.10. The van der Waals surface area contributed by atoms with Crippen LogP contribution in [0.3, 0.4) is 0 Å². The van der Waals surface area contributed by atoms with Crippen LogP contribution in [-0.2, 0) is 4.79 Å². The lowest BCUT2D eigenvalue weighted by molar-refractivity contribution is -0.113. The van der Waals surface area contributed by atoms with Gasteiger partial charge >= 0.3 is 0 Å². The zero-order valence-electron chi connectivity index (χ0n) is 21.2. The molecule has 0 aliphatic carbocycles. The molecule has 0 radical (unpaired) electrons. The number of thiophene rings is 1. The molecule has 1 aliphatic rings. The van der Waals surface area contributed by atoms with Crippen molar-refractivity contribution < 1.29 is 19.0 Å². The molecule has 1 aliphatic heterocycles. The maximum Gasteiger partial charge on any atom is 0.271 e. The topological polar surface area (TPSA) is 91.2 Å². The quantitative estimate of drug-likeness (QED) is 0.378. The first-order valence-electron chi connectivity index (χ1n) is 11.7. The molecule has 8 nitrogen and oxygen atoms in total. The smallest absolute Gasteiger partial charge is 0.271 e. The van der Waals surface area contributed by atoms with Gasteiger partial charge in [-0.1, -0.05) is 35.6 Å². The van der Waals surface area contributed by atoms with Gasteiger partial charge in [0.25, 0.3) is 11.5 Å². The summed E-state index contributed by atoms with van der Waals surface area (Å²) in [7, 11) is 4.65. The third kappa shape index (κ3) is 4.64. The standard InChI is InChI=1S/C28H25N3O5S2/c1-16-24(26(32)30-17-9-6-5-7-10-17)25(22-11-8-12-37-22)31-27(33)23(38-28(31)29-16)15-19-20(35-3)13-18(34-2)14-21(19)36-4/h5-15,25H,1-4H3,(H,30,32)/b23-15-. The number of nitrogens with zero attached hydrogens (tertiary/aromatic N) is 2. The molecule has 38 heavy (non-hydrogen) atoms. The van der Waals surface area contributed by atoms with Crippen molar-refractivity contribution in [2.45, 2.75) is 13.0 Å². The van der Waals surface area contributed by atoms with E-state index < -0.39 is 6.04 Å². The van der Waals surface area contributed by atoms with E-state index in [0.717, 1.165) is 4.88 Å². The lowest BCUT2D eigenvalue weighted by atomic mass is 10.0. The van der Waals surface area contributed by atoms with Crippen LogP contribution in [0.15, 0.2) is 81.0 Å². The van der Waals surface area contributed by atoms with E-state index in [1.807, 2.05) is 47.8 Å². The number of benzene rings is 2. The van der Waals surface area contributed by atoms with Crippen LogP contribution >= 0.6 is 22.7 Å². The number of methoxy groups -OCH3 is 3. The number of ether oxygens (including phenoxy) is 3. The van der Waals surface area contributed by atoms with E-state index >= 15 is 0 Å². The average Bonchev–Trinajstić information content (AvgIpc) is 3.57. The SMILES string of the molecule is COc1cc(OC)c(/C=c2\sc3n(c2=O)C(c2cccs2)C(C(=O)Nc2ccccc2)=C(C)N=3)c(OC)c1. The number of fused-ring (bicyclic) bond motifs is 1. The Morgan fingerprint density at radius 3 is 2.34 bits per heavy atom. The van der Waals surface area contributed by atoms with Gasteiger partial charge in [-0.05, 0) is 36.6 Å². The Bertz CT molecular complexity index is 1680. The molecule has 2 aromatic carbocycles. The van der Waals surface area contributed by atoms with E-state index in [0.29, 0.717) is 49.1 Å². The summed E-state index contributed by atoms with van der Waals surface area (Å²) in [4.78, 5) is 33.5. The molecule has 10 heteroatoms. The first-order chi connectivity index (χ1) is 18.4. The summed E-state index contributed by atoms with van der Waals surface area (Å²) >= 11 is 2.74. The fourth-order valence-corrected chi connectivity index (χ4v) is 6.21. The second-order valence-corrected chi connectivity index (χ2v) is 10.4. The van der Waals surface area contributed by atoms with Crippen molar-refractivity contribution in [3.05, 3.63) is 101 Å². The molecule has 3 heterocycles. The summed E-state index contributed by atoms with van der Waals surface area (Å²) in [6.07, 6.45) is 1.73. The fourth-order valence-electron chi connectivity index (χ4n) is 4.35. The molecule has 0 fully saturated rings. The van der Waals surface area contributed by atoms with Gasteiger partial charge in [-0.25, -0.2) is 4.99 Å². The van der Waals surface area contributed by atoms with Crippen LogP contribution in [0, 0.1) is 0 Å². The molecule has 0 saturated carbocycles. The zero-order valence-corrected chi connectivity index (χ0v) is 22.8. The number of aromatic nitrogens is 1. The van der Waals surface area contributed by atoms with E-state index in [2.05, 4.69) is 10.3 Å². The number of para-hydroxylation sites is 1. The molecule has 0 saturated heterocycles. The number of anilines is 1. The second-order valence-electron chi connectivity index (χ2n) is 8.36. The number of rotatable bonds is 7. The van der Waals surface area contributed by atoms with E-state index in [-0.39, 0.29) is 11.5 Å². The van der Waals surface area contributed by atoms with Gasteiger partial charge in [0.05, 0.1) is 42.7 Å². The van der Waals surface area contributed by atoms with Crippen LogP contribution in [0.2, 0.25) is 0 Å². The number of hydrogen-bond acceptors (Lipinski definition) is 8. The monoisotopic (exact) mass is 547 g/mol. The van der Waals surface area contributed by atoms with Crippen molar-refractivity contribution in [1.29, 1.82) is 0 Å². The highest BCUT2D eigenvalue weighted by atomic mass is 32.1.